The molecule has 1 aromatic carbocycles. The molecule has 2 rings (SSSR count). The molecule has 1 heterocycles. The lowest BCUT2D eigenvalue weighted by atomic mass is 10.2. The number of aromatic nitrogens is 1. The van der Waals surface area contributed by atoms with Gasteiger partial charge in [0, 0.05) is 36.3 Å². The molecule has 0 saturated carbocycles. The molecule has 8 heteroatoms. The van der Waals surface area contributed by atoms with Crippen molar-refractivity contribution in [2.24, 2.45) is 0 Å². The van der Waals surface area contributed by atoms with Gasteiger partial charge in [-0.2, -0.15) is 0 Å². The fourth-order valence-electron chi connectivity index (χ4n) is 1.72. The minimum absolute atomic E-state index is 0. The second-order valence-electron chi connectivity index (χ2n) is 3.85. The monoisotopic (exact) mass is 337 g/mol. The van der Waals surface area contributed by atoms with Crippen LogP contribution in [0.1, 0.15) is 2.85 Å². The number of pyridine rings is 1. The lowest BCUT2D eigenvalue weighted by molar-refractivity contribution is -0.00100. The van der Waals surface area contributed by atoms with Gasteiger partial charge in [0.05, 0.1) is 4.90 Å². The Hall–Kier alpha value is -0.920. The number of likely N-dealkylation sites (N-methyl/N-ethyl adjacent to an activating group) is 1. The number of hydrogen-bond donors (Lipinski definition) is 2. The first-order valence-corrected chi connectivity index (χ1v) is 7.10. The van der Waals surface area contributed by atoms with Crippen LogP contribution in [-0.4, -0.2) is 33.5 Å². The summed E-state index contributed by atoms with van der Waals surface area (Å²) in [5.74, 6) is 0. The van der Waals surface area contributed by atoms with Crippen LogP contribution in [0.2, 0.25) is 0 Å². The van der Waals surface area contributed by atoms with Crippen LogP contribution in [0.15, 0.2) is 41.6 Å². The van der Waals surface area contributed by atoms with Gasteiger partial charge in [0.1, 0.15) is 0 Å². The van der Waals surface area contributed by atoms with Crippen molar-refractivity contribution in [3.05, 3.63) is 36.7 Å². The van der Waals surface area contributed by atoms with Gasteiger partial charge in [0.15, 0.2) is 0 Å². The first-order chi connectivity index (χ1) is 8.65. The average molecular weight is 338 g/mol. The second kappa shape index (κ2) is 8.39. The van der Waals surface area contributed by atoms with Crippen LogP contribution in [0.4, 0.5) is 0 Å². The smallest absolute Gasteiger partial charge is 1.00 e. The molecule has 1 aromatic heterocycles. The summed E-state index contributed by atoms with van der Waals surface area (Å²) < 4.78 is 26.9. The Morgan fingerprint density at radius 2 is 1.95 bits per heavy atom. The normalized spacial score (nSPS) is 10.7. The summed E-state index contributed by atoms with van der Waals surface area (Å²) in [6.45, 7) is 0.950. The molecule has 112 valence electrons. The molecule has 0 unspecified atom stereocenters. The molecule has 0 atom stereocenters. The molecule has 0 aliphatic carbocycles. The van der Waals surface area contributed by atoms with Crippen LogP contribution in [0.3, 0.4) is 0 Å². The summed E-state index contributed by atoms with van der Waals surface area (Å²) in [6.07, 6.45) is 3.25. The van der Waals surface area contributed by atoms with E-state index in [0.29, 0.717) is 23.4 Å². The van der Waals surface area contributed by atoms with Crippen LogP contribution in [-0.2, 0) is 10.0 Å². The summed E-state index contributed by atoms with van der Waals surface area (Å²) >= 11 is 0. The Kier molecular flexibility index (Phi) is 8.00. The zero-order valence-electron chi connectivity index (χ0n) is 12.8. The number of fused-ring (bicyclic) bond motifs is 1. The van der Waals surface area contributed by atoms with Crippen molar-refractivity contribution in [3.63, 3.8) is 0 Å². The quantitative estimate of drug-likeness (QED) is 0.536. The highest BCUT2D eigenvalue weighted by Crippen LogP contribution is 2.21. The molecule has 0 aliphatic rings. The topological polar surface area (TPSA) is 71.1 Å². The first-order valence-electron chi connectivity index (χ1n) is 5.62. The fraction of sp³-hybridized carbons (Fsp3) is 0.250. The number of sulfonamides is 1. The minimum Gasteiger partial charge on any atom is -1.00 e. The molecule has 0 spiro atoms. The van der Waals surface area contributed by atoms with E-state index in [0.717, 1.165) is 5.39 Å². The second-order valence-corrected chi connectivity index (χ2v) is 5.59. The SMILES string of the molecule is CNCCNS(=O)(=O)c1cccc2cnccc12.[Cl-].[Cl-].[H+].[H+]. The van der Waals surface area contributed by atoms with Crippen molar-refractivity contribution < 1.29 is 36.1 Å². The van der Waals surface area contributed by atoms with Crippen LogP contribution in [0, 0.1) is 0 Å². The summed E-state index contributed by atoms with van der Waals surface area (Å²) in [5, 5.41) is 4.39. The van der Waals surface area contributed by atoms with E-state index in [-0.39, 0.29) is 27.7 Å². The van der Waals surface area contributed by atoms with Crippen LogP contribution in [0.25, 0.3) is 10.8 Å². The molecule has 0 aliphatic heterocycles. The van der Waals surface area contributed by atoms with Crippen LogP contribution in [0.5, 0.6) is 0 Å². The van der Waals surface area contributed by atoms with Crippen molar-refractivity contribution in [2.75, 3.05) is 20.1 Å². The first kappa shape index (κ1) is 19.1. The van der Waals surface area contributed by atoms with E-state index in [1.807, 2.05) is 6.07 Å². The fourth-order valence-corrected chi connectivity index (χ4v) is 2.97. The largest absolute Gasteiger partial charge is 1.00 e. The maximum atomic E-state index is 12.2. The Labute approximate surface area is 134 Å². The number of rotatable bonds is 5. The molecule has 2 aromatic rings. The van der Waals surface area contributed by atoms with E-state index >= 15 is 0 Å². The third-order valence-electron chi connectivity index (χ3n) is 2.60. The molecule has 0 saturated heterocycles. The minimum atomic E-state index is -3.48. The van der Waals surface area contributed by atoms with Crippen molar-refractivity contribution >= 4 is 20.8 Å². The highest BCUT2D eigenvalue weighted by Gasteiger charge is 2.16. The van der Waals surface area contributed by atoms with E-state index < -0.39 is 10.0 Å². The number of halogens is 2. The third-order valence-corrected chi connectivity index (χ3v) is 4.12. The van der Waals surface area contributed by atoms with Gasteiger partial charge in [-0.1, -0.05) is 12.1 Å². The van der Waals surface area contributed by atoms with Crippen molar-refractivity contribution in [3.8, 4) is 0 Å². The van der Waals surface area contributed by atoms with E-state index in [2.05, 4.69) is 15.0 Å². The van der Waals surface area contributed by atoms with Crippen molar-refractivity contribution in [1.29, 1.82) is 0 Å². The molecule has 5 nitrogen and oxygen atoms in total. The van der Waals surface area contributed by atoms with Gasteiger partial charge in [-0.25, -0.2) is 13.1 Å². The predicted octanol–water partition coefficient (Wildman–Crippen LogP) is -5.03. The zero-order chi connectivity index (χ0) is 13.0. The van der Waals surface area contributed by atoms with Crippen LogP contribution >= 0.6 is 0 Å². The van der Waals surface area contributed by atoms with Gasteiger partial charge >= 0.3 is 2.85 Å². The molecule has 0 fully saturated rings. The standard InChI is InChI=1S/C12H15N3O2S.2ClH/c1-13-7-8-15-18(16,17)12-4-2-3-10-9-14-6-5-11(10)12;;/h2-6,9,13,15H,7-8H2,1H3;2*1H. The van der Waals surface area contributed by atoms with Gasteiger partial charge in [0.2, 0.25) is 10.0 Å². The summed E-state index contributed by atoms with van der Waals surface area (Å²) in [6, 6.07) is 6.87. The summed E-state index contributed by atoms with van der Waals surface area (Å²) in [5.41, 5.74) is 0. The highest BCUT2D eigenvalue weighted by molar-refractivity contribution is 7.89. The van der Waals surface area contributed by atoms with E-state index in [4.69, 9.17) is 0 Å². The van der Waals surface area contributed by atoms with Gasteiger partial charge in [-0.15, -0.1) is 0 Å². The van der Waals surface area contributed by atoms with Crippen LogP contribution < -0.4 is 34.9 Å². The van der Waals surface area contributed by atoms with E-state index in [1.165, 1.54) is 0 Å². The van der Waals surface area contributed by atoms with Crippen molar-refractivity contribution in [1.82, 2.24) is 15.0 Å². The number of benzene rings is 1. The Morgan fingerprint density at radius 3 is 2.65 bits per heavy atom. The molecule has 0 radical (unpaired) electrons. The molecule has 2 N–H and O–H groups in total. The summed E-state index contributed by atoms with van der Waals surface area (Å²) in [4.78, 5) is 4.28. The van der Waals surface area contributed by atoms with E-state index in [1.54, 1.807) is 37.6 Å². The van der Waals surface area contributed by atoms with Gasteiger partial charge in [-0.3, -0.25) is 4.98 Å². The maximum absolute atomic E-state index is 12.2. The predicted molar refractivity (Wildman–Crippen MR) is 73.1 cm³/mol. The van der Waals surface area contributed by atoms with Crippen molar-refractivity contribution in [2.45, 2.75) is 4.90 Å². The number of hydrogen-bond acceptors (Lipinski definition) is 4. The maximum Gasteiger partial charge on any atom is 1.00 e. The molecule has 0 amide bonds. The van der Waals surface area contributed by atoms with E-state index in [9.17, 15) is 8.42 Å². The lowest BCUT2D eigenvalue weighted by Crippen LogP contribution is -3.00. The Balaban J connectivity index is -0.000000902. The third kappa shape index (κ3) is 4.29. The van der Waals surface area contributed by atoms with Gasteiger partial charge < -0.3 is 30.1 Å². The molecular weight excluding hydrogens is 321 g/mol. The molecular formula is C12H17Cl2N3O2S. The molecule has 20 heavy (non-hydrogen) atoms. The van der Waals surface area contributed by atoms with Gasteiger partial charge in [0.25, 0.3) is 0 Å². The highest BCUT2D eigenvalue weighted by atomic mass is 35.5. The lowest BCUT2D eigenvalue weighted by Gasteiger charge is -2.09. The van der Waals surface area contributed by atoms with Gasteiger partial charge in [-0.05, 0) is 19.2 Å². The summed E-state index contributed by atoms with van der Waals surface area (Å²) in [7, 11) is -1.70. The Morgan fingerprint density at radius 1 is 1.20 bits per heavy atom. The number of nitrogens with one attached hydrogen (secondary N) is 2. The molecule has 0 bridgehead atoms. The zero-order valence-corrected chi connectivity index (χ0v) is 13.1. The average Bonchev–Trinajstić information content (AvgIpc) is 2.38. The Bertz CT molecular complexity index is 654. The number of nitrogens with zero attached hydrogens (tertiary/aromatic N) is 1.